The first-order valence-corrected chi connectivity index (χ1v) is 14.6. The molecule has 2 saturated carbocycles. The van der Waals surface area contributed by atoms with Gasteiger partial charge in [-0.3, -0.25) is 0 Å². The molecule has 3 aromatic carbocycles. The minimum Gasteiger partial charge on any atom is -0.507 e. The Kier molecular flexibility index (Phi) is 7.19. The Labute approximate surface area is 236 Å². The van der Waals surface area contributed by atoms with Gasteiger partial charge in [-0.2, -0.15) is 0 Å². The van der Waals surface area contributed by atoms with Gasteiger partial charge >= 0.3 is 5.97 Å². The summed E-state index contributed by atoms with van der Waals surface area (Å²) >= 11 is 0. The Morgan fingerprint density at radius 1 is 1.10 bits per heavy atom. The molecule has 0 aliphatic heterocycles. The van der Waals surface area contributed by atoms with Gasteiger partial charge in [-0.25, -0.2) is 4.79 Å². The zero-order chi connectivity index (χ0) is 28.0. The predicted molar refractivity (Wildman–Crippen MR) is 153 cm³/mol. The van der Waals surface area contributed by atoms with E-state index in [4.69, 9.17) is 4.74 Å². The summed E-state index contributed by atoms with van der Waals surface area (Å²) in [6, 6.07) is 19.9. The first kappa shape index (κ1) is 27.0. The summed E-state index contributed by atoms with van der Waals surface area (Å²) in [7, 11) is 0. The van der Waals surface area contributed by atoms with Crippen molar-refractivity contribution in [1.29, 1.82) is 0 Å². The summed E-state index contributed by atoms with van der Waals surface area (Å²) in [4.78, 5) is 12.4. The first-order valence-electron chi connectivity index (χ1n) is 14.6. The highest BCUT2D eigenvalue weighted by Gasteiger charge is 2.58. The van der Waals surface area contributed by atoms with Crippen molar-refractivity contribution in [3.05, 3.63) is 94.5 Å². The monoisotopic (exact) mass is 541 g/mol. The third-order valence-electron chi connectivity index (χ3n) is 10.1. The number of ether oxygens (including phenoxy) is 1. The molecular weight excluding hydrogens is 502 g/mol. The van der Waals surface area contributed by atoms with Gasteiger partial charge in [0.05, 0.1) is 18.3 Å². The van der Waals surface area contributed by atoms with Crippen LogP contribution in [0.4, 0.5) is 0 Å². The van der Waals surface area contributed by atoms with Crippen LogP contribution in [0.2, 0.25) is 0 Å². The fraction of sp³-hybridized carbons (Fsp3) is 0.441. The second-order valence-electron chi connectivity index (χ2n) is 12.3. The lowest BCUT2D eigenvalue weighted by molar-refractivity contribution is -0.0286. The SMILES string of the molecule is CC(N[C@@H]1CC2C3CCc4cc(CO)ccc4C3CC[C@]2(C)[C@H]1O)c1ccc(OC(=O)c2ccccc2)cc1O. The van der Waals surface area contributed by atoms with Crippen molar-refractivity contribution >= 4 is 5.97 Å². The lowest BCUT2D eigenvalue weighted by atomic mass is 9.55. The highest BCUT2D eigenvalue weighted by atomic mass is 16.5. The van der Waals surface area contributed by atoms with E-state index in [1.165, 1.54) is 17.2 Å². The molecule has 6 heteroatoms. The number of carbonyl (C=O) groups excluding carboxylic acids is 1. The van der Waals surface area contributed by atoms with E-state index in [1.807, 2.05) is 13.0 Å². The van der Waals surface area contributed by atoms with Crippen LogP contribution in [0, 0.1) is 17.3 Å². The summed E-state index contributed by atoms with van der Waals surface area (Å²) in [6.07, 6.45) is 4.64. The molecule has 2 fully saturated rings. The Hall–Kier alpha value is -3.19. The average Bonchev–Trinajstić information content (AvgIpc) is 3.22. The number of benzene rings is 3. The maximum absolute atomic E-state index is 12.4. The Morgan fingerprint density at radius 3 is 2.65 bits per heavy atom. The summed E-state index contributed by atoms with van der Waals surface area (Å²) in [5.41, 5.74) is 4.82. The van der Waals surface area contributed by atoms with E-state index in [1.54, 1.807) is 36.4 Å². The van der Waals surface area contributed by atoms with Gasteiger partial charge in [-0.05, 0) is 97.1 Å². The van der Waals surface area contributed by atoms with E-state index in [-0.39, 0.29) is 35.6 Å². The molecule has 0 heterocycles. The molecule has 0 amide bonds. The van der Waals surface area contributed by atoms with Gasteiger partial charge in [-0.1, -0.05) is 49.4 Å². The van der Waals surface area contributed by atoms with Crippen molar-refractivity contribution in [1.82, 2.24) is 5.32 Å². The van der Waals surface area contributed by atoms with Crippen molar-refractivity contribution in [3.63, 3.8) is 0 Å². The number of phenols is 1. The summed E-state index contributed by atoms with van der Waals surface area (Å²) in [5, 5.41) is 35.6. The molecule has 0 radical (unpaired) electrons. The van der Waals surface area contributed by atoms with Crippen LogP contribution in [-0.4, -0.2) is 33.4 Å². The number of hydrogen-bond donors (Lipinski definition) is 4. The van der Waals surface area contributed by atoms with Crippen LogP contribution in [0.3, 0.4) is 0 Å². The third-order valence-corrected chi connectivity index (χ3v) is 10.1. The van der Waals surface area contributed by atoms with Crippen LogP contribution in [0.1, 0.15) is 84.1 Å². The molecule has 0 bridgehead atoms. The molecule has 0 aromatic heterocycles. The van der Waals surface area contributed by atoms with Gasteiger partial charge in [0.2, 0.25) is 0 Å². The van der Waals surface area contributed by atoms with E-state index >= 15 is 0 Å². The van der Waals surface area contributed by atoms with E-state index < -0.39 is 12.1 Å². The molecule has 0 spiro atoms. The van der Waals surface area contributed by atoms with Crippen LogP contribution in [0.5, 0.6) is 11.5 Å². The van der Waals surface area contributed by atoms with Gasteiger partial charge in [0.15, 0.2) is 0 Å². The molecule has 4 unspecified atom stereocenters. The number of aromatic hydroxyl groups is 1. The van der Waals surface area contributed by atoms with Crippen molar-refractivity contribution in [3.8, 4) is 11.5 Å². The highest BCUT2D eigenvalue weighted by Crippen LogP contribution is 2.61. The quantitative estimate of drug-likeness (QED) is 0.238. The van der Waals surface area contributed by atoms with Crippen LogP contribution in [0.15, 0.2) is 66.7 Å². The number of phenolic OH excluding ortho intramolecular Hbond substituents is 1. The van der Waals surface area contributed by atoms with Gasteiger partial charge in [0.25, 0.3) is 0 Å². The zero-order valence-electron chi connectivity index (χ0n) is 23.2. The van der Waals surface area contributed by atoms with Crippen molar-refractivity contribution in [2.75, 3.05) is 0 Å². The summed E-state index contributed by atoms with van der Waals surface area (Å²) in [5.74, 6) is 1.34. The average molecular weight is 542 g/mol. The van der Waals surface area contributed by atoms with E-state index in [0.29, 0.717) is 28.9 Å². The second kappa shape index (κ2) is 10.7. The first-order chi connectivity index (χ1) is 19.3. The van der Waals surface area contributed by atoms with Crippen molar-refractivity contribution in [2.45, 2.75) is 76.7 Å². The van der Waals surface area contributed by atoms with Crippen LogP contribution in [-0.2, 0) is 13.0 Å². The van der Waals surface area contributed by atoms with Crippen molar-refractivity contribution < 1.29 is 24.9 Å². The number of esters is 1. The largest absolute Gasteiger partial charge is 0.507 e. The molecule has 6 rings (SSSR count). The molecule has 3 aliphatic rings. The topological polar surface area (TPSA) is 99.0 Å². The smallest absolute Gasteiger partial charge is 0.343 e. The number of aryl methyl sites for hydroxylation is 1. The van der Waals surface area contributed by atoms with Crippen molar-refractivity contribution in [2.24, 2.45) is 17.3 Å². The lowest BCUT2D eigenvalue weighted by Crippen LogP contribution is -2.46. The van der Waals surface area contributed by atoms with E-state index in [9.17, 15) is 20.1 Å². The molecular formula is C34H39NO5. The fourth-order valence-corrected chi connectivity index (χ4v) is 8.02. The zero-order valence-corrected chi connectivity index (χ0v) is 23.2. The standard InChI is InChI=1S/C34H39NO5/c1-20(25-13-10-24(17-31(25)37)40-33(39)22-6-4-3-5-7-22)35-30-18-29-28-12-9-23-16-21(19-36)8-11-26(23)27(28)14-15-34(29,2)32(30)38/h3-8,10-11,13,16-17,20,27-30,32,35-38H,9,12,14-15,18-19H2,1-2H3/t20?,27?,28?,29?,30-,32+,34+/m1/s1. The third kappa shape index (κ3) is 4.72. The fourth-order valence-electron chi connectivity index (χ4n) is 8.02. The van der Waals surface area contributed by atoms with Crippen LogP contribution in [0.25, 0.3) is 0 Å². The Morgan fingerprint density at radius 2 is 1.90 bits per heavy atom. The number of aliphatic hydroxyl groups is 2. The molecule has 210 valence electrons. The van der Waals surface area contributed by atoms with E-state index in [2.05, 4.69) is 30.4 Å². The normalized spacial score (nSPS) is 29.6. The lowest BCUT2D eigenvalue weighted by Gasteiger charge is -2.50. The van der Waals surface area contributed by atoms with Crippen LogP contribution < -0.4 is 10.1 Å². The maximum atomic E-state index is 12.4. The Balaban J connectivity index is 1.15. The van der Waals surface area contributed by atoms with Crippen LogP contribution >= 0.6 is 0 Å². The van der Waals surface area contributed by atoms with E-state index in [0.717, 1.165) is 37.7 Å². The molecule has 0 saturated heterocycles. The molecule has 6 nitrogen and oxygen atoms in total. The summed E-state index contributed by atoms with van der Waals surface area (Å²) in [6.45, 7) is 4.35. The Bertz CT molecular complexity index is 1390. The molecule has 7 atom stereocenters. The molecule has 3 aromatic rings. The maximum Gasteiger partial charge on any atom is 0.343 e. The minimum atomic E-state index is -0.471. The number of rotatable bonds is 6. The number of aliphatic hydroxyl groups excluding tert-OH is 2. The number of nitrogens with one attached hydrogen (secondary N) is 1. The molecule has 4 N–H and O–H groups in total. The number of fused-ring (bicyclic) bond motifs is 5. The minimum absolute atomic E-state index is 0.0562. The summed E-state index contributed by atoms with van der Waals surface area (Å²) < 4.78 is 5.46. The second-order valence-corrected chi connectivity index (χ2v) is 12.3. The predicted octanol–water partition coefficient (Wildman–Crippen LogP) is 5.65. The van der Waals surface area contributed by atoms with Gasteiger partial charge in [0.1, 0.15) is 11.5 Å². The van der Waals surface area contributed by atoms with Gasteiger partial charge in [0, 0.05) is 23.7 Å². The highest BCUT2D eigenvalue weighted by molar-refractivity contribution is 5.91. The molecule has 3 aliphatic carbocycles. The number of hydrogen-bond acceptors (Lipinski definition) is 6. The number of carbonyl (C=O) groups is 1. The van der Waals surface area contributed by atoms with Gasteiger partial charge in [-0.15, -0.1) is 0 Å². The van der Waals surface area contributed by atoms with Gasteiger partial charge < -0.3 is 25.4 Å². The molecule has 40 heavy (non-hydrogen) atoms.